The molecule has 4 nitrogen and oxygen atoms in total. The molecule has 0 spiro atoms. The maximum absolute atomic E-state index is 13.8. The molecule has 0 aliphatic heterocycles. The van der Waals surface area contributed by atoms with E-state index in [-0.39, 0.29) is 17.7 Å². The summed E-state index contributed by atoms with van der Waals surface area (Å²) in [5, 5.41) is 2.80. The summed E-state index contributed by atoms with van der Waals surface area (Å²) in [4.78, 5) is 12.1. The molecule has 0 heterocycles. The maximum atomic E-state index is 13.8. The number of nitrogens with one attached hydrogen (secondary N) is 1. The van der Waals surface area contributed by atoms with Crippen LogP contribution in [0.25, 0.3) is 6.08 Å². The molecule has 0 fully saturated rings. The highest BCUT2D eigenvalue weighted by atomic mass is 19.1. The van der Waals surface area contributed by atoms with Gasteiger partial charge < -0.3 is 14.8 Å². The number of hydrogen-bond donors (Lipinski definition) is 1. The summed E-state index contributed by atoms with van der Waals surface area (Å²) >= 11 is 0. The fourth-order valence-electron chi connectivity index (χ4n) is 2.30. The minimum atomic E-state index is -0.458. The molecule has 0 saturated carbocycles. The van der Waals surface area contributed by atoms with Gasteiger partial charge in [-0.2, -0.15) is 0 Å². The highest BCUT2D eigenvalue weighted by Crippen LogP contribution is 2.21. The van der Waals surface area contributed by atoms with E-state index >= 15 is 0 Å². The Morgan fingerprint density at radius 2 is 2.00 bits per heavy atom. The lowest BCUT2D eigenvalue weighted by atomic mass is 10.1. The zero-order valence-corrected chi connectivity index (χ0v) is 14.9. The quantitative estimate of drug-likeness (QED) is 0.568. The van der Waals surface area contributed by atoms with Gasteiger partial charge in [0.25, 0.3) is 0 Å². The molecular weight excluding hydrogens is 333 g/mol. The number of halogens is 1. The largest absolute Gasteiger partial charge is 0.494 e. The topological polar surface area (TPSA) is 47.6 Å². The van der Waals surface area contributed by atoms with Gasteiger partial charge in [0.15, 0.2) is 11.6 Å². The first kappa shape index (κ1) is 19.2. The summed E-state index contributed by atoms with van der Waals surface area (Å²) in [6, 6.07) is 11.6. The van der Waals surface area contributed by atoms with Gasteiger partial charge in [-0.15, -0.1) is 0 Å². The maximum Gasteiger partial charge on any atom is 0.244 e. The predicted octanol–water partition coefficient (Wildman–Crippen LogP) is 4.29. The molecule has 0 radical (unpaired) electrons. The van der Waals surface area contributed by atoms with Crippen LogP contribution in [-0.4, -0.2) is 19.6 Å². The molecule has 0 bridgehead atoms. The first-order chi connectivity index (χ1) is 12.5. The number of amides is 1. The van der Waals surface area contributed by atoms with Crippen molar-refractivity contribution in [3.8, 4) is 11.5 Å². The molecule has 0 aliphatic rings. The highest BCUT2D eigenvalue weighted by Gasteiger charge is 2.11. The van der Waals surface area contributed by atoms with E-state index in [1.807, 2.05) is 24.3 Å². The SMILES string of the molecule is C=CCOc1ccc(/C=C/C(=O)N[C@@H](C)c2ccc(OC)c(F)c2)cc1. The Balaban J connectivity index is 1.93. The Hall–Kier alpha value is -3.08. The second-order valence-electron chi connectivity index (χ2n) is 5.63. The second kappa shape index (κ2) is 9.42. The van der Waals surface area contributed by atoms with Crippen molar-refractivity contribution in [1.82, 2.24) is 5.32 Å². The number of carbonyl (C=O) groups is 1. The third-order valence-corrected chi connectivity index (χ3v) is 3.71. The van der Waals surface area contributed by atoms with Crippen LogP contribution in [0.4, 0.5) is 4.39 Å². The summed E-state index contributed by atoms with van der Waals surface area (Å²) in [7, 11) is 1.41. The fourth-order valence-corrected chi connectivity index (χ4v) is 2.30. The van der Waals surface area contributed by atoms with Crippen LogP contribution in [0, 0.1) is 5.82 Å². The summed E-state index contributed by atoms with van der Waals surface area (Å²) in [6.45, 7) is 5.83. The van der Waals surface area contributed by atoms with Crippen molar-refractivity contribution in [2.75, 3.05) is 13.7 Å². The molecule has 2 rings (SSSR count). The first-order valence-electron chi connectivity index (χ1n) is 8.19. The summed E-state index contributed by atoms with van der Waals surface area (Å²) in [6.07, 6.45) is 4.82. The summed E-state index contributed by atoms with van der Waals surface area (Å²) in [5.41, 5.74) is 1.53. The lowest BCUT2D eigenvalue weighted by Crippen LogP contribution is -2.24. The third-order valence-electron chi connectivity index (χ3n) is 3.71. The number of methoxy groups -OCH3 is 1. The van der Waals surface area contributed by atoms with Gasteiger partial charge in [-0.05, 0) is 48.4 Å². The van der Waals surface area contributed by atoms with Gasteiger partial charge in [0.1, 0.15) is 12.4 Å². The van der Waals surface area contributed by atoms with Crippen molar-refractivity contribution < 1.29 is 18.7 Å². The zero-order chi connectivity index (χ0) is 18.9. The summed E-state index contributed by atoms with van der Waals surface area (Å²) < 4.78 is 24.1. The van der Waals surface area contributed by atoms with Crippen molar-refractivity contribution in [3.63, 3.8) is 0 Å². The van der Waals surface area contributed by atoms with E-state index in [9.17, 15) is 9.18 Å². The lowest BCUT2D eigenvalue weighted by Gasteiger charge is -2.14. The zero-order valence-electron chi connectivity index (χ0n) is 14.9. The average molecular weight is 355 g/mol. The standard InChI is InChI=1S/C21H22FNO3/c1-4-13-26-18-9-5-16(6-10-18)7-12-21(24)23-15(2)17-8-11-20(25-3)19(22)14-17/h4-12,14-15H,1,13H2,2-3H3,(H,23,24)/b12-7+/t15-/m0/s1. The van der Waals surface area contributed by atoms with Crippen LogP contribution < -0.4 is 14.8 Å². The van der Waals surface area contributed by atoms with Gasteiger partial charge in [-0.3, -0.25) is 4.79 Å². The fraction of sp³-hybridized carbons (Fsp3) is 0.190. The Bertz CT molecular complexity index is 784. The molecular formula is C21H22FNO3. The minimum Gasteiger partial charge on any atom is -0.494 e. The van der Waals surface area contributed by atoms with Gasteiger partial charge in [0, 0.05) is 6.08 Å². The highest BCUT2D eigenvalue weighted by molar-refractivity contribution is 5.92. The molecule has 2 aromatic carbocycles. The van der Waals surface area contributed by atoms with Crippen molar-refractivity contribution in [1.29, 1.82) is 0 Å². The van der Waals surface area contributed by atoms with E-state index in [0.29, 0.717) is 12.2 Å². The molecule has 5 heteroatoms. The second-order valence-corrected chi connectivity index (χ2v) is 5.63. The summed E-state index contributed by atoms with van der Waals surface area (Å²) in [5.74, 6) is 0.190. The van der Waals surface area contributed by atoms with E-state index in [0.717, 1.165) is 11.3 Å². The van der Waals surface area contributed by atoms with E-state index in [4.69, 9.17) is 9.47 Å². The predicted molar refractivity (Wildman–Crippen MR) is 101 cm³/mol. The Morgan fingerprint density at radius 1 is 1.27 bits per heavy atom. The molecule has 0 unspecified atom stereocenters. The van der Waals surface area contributed by atoms with Crippen molar-refractivity contribution in [2.24, 2.45) is 0 Å². The number of ether oxygens (including phenoxy) is 2. The van der Waals surface area contributed by atoms with E-state index in [1.165, 1.54) is 19.3 Å². The van der Waals surface area contributed by atoms with Crippen LogP contribution in [0.15, 0.2) is 61.2 Å². The lowest BCUT2D eigenvalue weighted by molar-refractivity contribution is -0.117. The first-order valence-corrected chi connectivity index (χ1v) is 8.19. The van der Waals surface area contributed by atoms with Gasteiger partial charge in [0.2, 0.25) is 5.91 Å². The molecule has 1 atom stereocenters. The Kier molecular flexibility index (Phi) is 6.97. The molecule has 0 saturated heterocycles. The van der Waals surface area contributed by atoms with Crippen molar-refractivity contribution in [3.05, 3.63) is 78.1 Å². The third kappa shape index (κ3) is 5.48. The van der Waals surface area contributed by atoms with Crippen LogP contribution in [-0.2, 0) is 4.79 Å². The van der Waals surface area contributed by atoms with Crippen molar-refractivity contribution >= 4 is 12.0 Å². The van der Waals surface area contributed by atoms with Crippen molar-refractivity contribution in [2.45, 2.75) is 13.0 Å². The van der Waals surface area contributed by atoms with Gasteiger partial charge in [0.05, 0.1) is 13.2 Å². The van der Waals surface area contributed by atoms with Crippen LogP contribution >= 0.6 is 0 Å². The van der Waals surface area contributed by atoms with E-state index < -0.39 is 5.82 Å². The number of benzene rings is 2. The molecule has 1 amide bonds. The smallest absolute Gasteiger partial charge is 0.244 e. The Labute approximate surface area is 152 Å². The molecule has 2 aromatic rings. The molecule has 0 aliphatic carbocycles. The average Bonchev–Trinajstić information content (AvgIpc) is 2.65. The van der Waals surface area contributed by atoms with Gasteiger partial charge in [-0.25, -0.2) is 4.39 Å². The van der Waals surface area contributed by atoms with Crippen LogP contribution in [0.2, 0.25) is 0 Å². The molecule has 0 aromatic heterocycles. The number of carbonyl (C=O) groups excluding carboxylic acids is 1. The Morgan fingerprint density at radius 3 is 2.62 bits per heavy atom. The minimum absolute atomic E-state index is 0.174. The molecule has 136 valence electrons. The monoisotopic (exact) mass is 355 g/mol. The number of rotatable bonds is 8. The molecule has 1 N–H and O–H groups in total. The van der Waals surface area contributed by atoms with Gasteiger partial charge in [-0.1, -0.05) is 30.9 Å². The molecule has 26 heavy (non-hydrogen) atoms. The van der Waals surface area contributed by atoms with E-state index in [1.54, 1.807) is 31.2 Å². The van der Waals surface area contributed by atoms with Crippen LogP contribution in [0.3, 0.4) is 0 Å². The number of hydrogen-bond acceptors (Lipinski definition) is 3. The normalized spacial score (nSPS) is 11.8. The van der Waals surface area contributed by atoms with Gasteiger partial charge >= 0.3 is 0 Å². The van der Waals surface area contributed by atoms with Crippen LogP contribution in [0.1, 0.15) is 24.1 Å². The van der Waals surface area contributed by atoms with Crippen LogP contribution in [0.5, 0.6) is 11.5 Å². The van der Waals surface area contributed by atoms with E-state index in [2.05, 4.69) is 11.9 Å².